The Bertz CT molecular complexity index is 440. The molecule has 0 aliphatic rings. The highest BCUT2D eigenvalue weighted by atomic mass is 79.9. The minimum atomic E-state index is -0.720. The molecule has 0 saturated heterocycles. The van der Waals surface area contributed by atoms with Crippen LogP contribution in [0.3, 0.4) is 0 Å². The van der Waals surface area contributed by atoms with E-state index in [1.54, 1.807) is 6.07 Å². The summed E-state index contributed by atoms with van der Waals surface area (Å²) in [6, 6.07) is 4.05. The van der Waals surface area contributed by atoms with E-state index in [0.717, 1.165) is 6.07 Å². The highest BCUT2D eigenvalue weighted by Crippen LogP contribution is 2.19. The summed E-state index contributed by atoms with van der Waals surface area (Å²) in [6.45, 7) is 0. The van der Waals surface area contributed by atoms with Crippen LogP contribution in [-0.2, 0) is 10.1 Å². The number of nitriles is 1. The van der Waals surface area contributed by atoms with Crippen LogP contribution >= 0.6 is 15.9 Å². The molecule has 1 aromatic carbocycles. The van der Waals surface area contributed by atoms with E-state index in [2.05, 4.69) is 20.7 Å². The summed E-state index contributed by atoms with van der Waals surface area (Å²) in [5, 5.41) is 8.96. The van der Waals surface area contributed by atoms with Gasteiger partial charge in [0, 0.05) is 5.33 Å². The predicted octanol–water partition coefficient (Wildman–Crippen LogP) is 2.38. The number of carbonyl (C=O) groups excluding carboxylic acids is 1. The Morgan fingerprint density at radius 1 is 1.67 bits per heavy atom. The molecule has 0 bridgehead atoms. The first kappa shape index (κ1) is 11.7. The van der Waals surface area contributed by atoms with E-state index in [9.17, 15) is 9.18 Å². The van der Waals surface area contributed by atoms with Gasteiger partial charge >= 0.3 is 5.97 Å². The molecule has 0 fully saturated rings. The summed E-state index contributed by atoms with van der Waals surface area (Å²) in [6.07, 6.45) is 0. The van der Waals surface area contributed by atoms with Crippen molar-refractivity contribution in [2.24, 2.45) is 0 Å². The van der Waals surface area contributed by atoms with Crippen LogP contribution in [-0.4, -0.2) is 13.1 Å². The summed E-state index contributed by atoms with van der Waals surface area (Å²) in [5.41, 5.74) is 0.572. The molecule has 0 radical (unpaired) electrons. The quantitative estimate of drug-likeness (QED) is 0.613. The minimum Gasteiger partial charge on any atom is -0.465 e. The maximum atomic E-state index is 13.2. The van der Waals surface area contributed by atoms with Crippen molar-refractivity contribution in [3.63, 3.8) is 0 Å². The van der Waals surface area contributed by atoms with Crippen molar-refractivity contribution in [3.8, 4) is 6.07 Å². The number of hydrogen-bond donors (Lipinski definition) is 0. The van der Waals surface area contributed by atoms with Gasteiger partial charge in [0.2, 0.25) is 0 Å². The van der Waals surface area contributed by atoms with E-state index in [-0.39, 0.29) is 11.1 Å². The van der Waals surface area contributed by atoms with Gasteiger partial charge in [-0.25, -0.2) is 9.18 Å². The molecule has 78 valence electrons. The molecule has 1 aromatic rings. The zero-order valence-electron chi connectivity index (χ0n) is 7.88. The van der Waals surface area contributed by atoms with Gasteiger partial charge in [0.05, 0.1) is 18.2 Å². The average Bonchev–Trinajstić information content (AvgIpc) is 2.27. The van der Waals surface area contributed by atoms with E-state index >= 15 is 0 Å². The van der Waals surface area contributed by atoms with Crippen LogP contribution in [0.2, 0.25) is 0 Å². The number of carbonyl (C=O) groups is 1. The van der Waals surface area contributed by atoms with Gasteiger partial charge in [0.25, 0.3) is 0 Å². The van der Waals surface area contributed by atoms with Crippen LogP contribution in [0.25, 0.3) is 0 Å². The summed E-state index contributed by atoms with van der Waals surface area (Å²) in [7, 11) is 1.22. The molecule has 0 amide bonds. The van der Waals surface area contributed by atoms with Crippen LogP contribution in [0, 0.1) is 17.1 Å². The predicted molar refractivity (Wildman–Crippen MR) is 55.1 cm³/mol. The molecule has 0 atom stereocenters. The maximum absolute atomic E-state index is 13.2. The van der Waals surface area contributed by atoms with Gasteiger partial charge in [-0.3, -0.25) is 0 Å². The lowest BCUT2D eigenvalue weighted by Crippen LogP contribution is -2.06. The van der Waals surface area contributed by atoms with Crippen LogP contribution in [0.5, 0.6) is 0 Å². The molecule has 5 heteroatoms. The molecule has 3 nitrogen and oxygen atoms in total. The van der Waals surface area contributed by atoms with Gasteiger partial charge in [-0.1, -0.05) is 15.9 Å². The van der Waals surface area contributed by atoms with Crippen molar-refractivity contribution in [3.05, 3.63) is 34.6 Å². The molecule has 1 rings (SSSR count). The second-order valence-corrected chi connectivity index (χ2v) is 3.29. The Morgan fingerprint density at radius 3 is 2.80 bits per heavy atom. The lowest BCUT2D eigenvalue weighted by molar-refractivity contribution is 0.0599. The molecule has 0 saturated carbocycles. The summed E-state index contributed by atoms with van der Waals surface area (Å²) >= 11 is 3.15. The van der Waals surface area contributed by atoms with Crippen molar-refractivity contribution >= 4 is 21.9 Å². The number of alkyl halides is 1. The number of methoxy groups -OCH3 is 1. The molecular formula is C10H7BrFNO2. The number of halogens is 2. The molecule has 0 aliphatic heterocycles. The minimum absolute atomic E-state index is 0.0860. The molecule has 0 heterocycles. The first-order valence-electron chi connectivity index (χ1n) is 4.00. The van der Waals surface area contributed by atoms with Gasteiger partial charge in [-0.05, 0) is 17.7 Å². The number of ether oxygens (including phenoxy) is 1. The molecule has 0 aliphatic carbocycles. The largest absolute Gasteiger partial charge is 0.465 e. The highest BCUT2D eigenvalue weighted by Gasteiger charge is 2.15. The first-order chi connectivity index (χ1) is 7.13. The monoisotopic (exact) mass is 271 g/mol. The molecular weight excluding hydrogens is 265 g/mol. The fraction of sp³-hybridized carbons (Fsp3) is 0.200. The maximum Gasteiger partial charge on any atom is 0.338 e. The van der Waals surface area contributed by atoms with Crippen LogP contribution in [0.4, 0.5) is 4.39 Å². The van der Waals surface area contributed by atoms with E-state index in [1.807, 2.05) is 0 Å². The second kappa shape index (κ2) is 4.89. The number of nitrogens with zero attached hydrogens (tertiary/aromatic N) is 1. The Balaban J connectivity index is 3.35. The second-order valence-electron chi connectivity index (χ2n) is 2.73. The normalized spacial score (nSPS) is 9.47. The summed E-state index contributed by atoms with van der Waals surface area (Å²) in [5.74, 6) is -1.34. The Morgan fingerprint density at radius 2 is 2.33 bits per heavy atom. The molecule has 0 N–H and O–H groups in total. The van der Waals surface area contributed by atoms with Crippen molar-refractivity contribution in [2.75, 3.05) is 7.11 Å². The zero-order chi connectivity index (χ0) is 11.4. The van der Waals surface area contributed by atoms with E-state index in [1.165, 1.54) is 13.2 Å². The fourth-order valence-electron chi connectivity index (χ4n) is 1.11. The molecule has 0 aromatic heterocycles. The number of esters is 1. The Labute approximate surface area is 94.6 Å². The van der Waals surface area contributed by atoms with Gasteiger partial charge in [-0.15, -0.1) is 0 Å². The lowest BCUT2D eigenvalue weighted by atomic mass is 10.1. The van der Waals surface area contributed by atoms with Gasteiger partial charge in [-0.2, -0.15) is 5.26 Å². The molecule has 0 spiro atoms. The third-order valence-electron chi connectivity index (χ3n) is 1.86. The third kappa shape index (κ3) is 2.34. The van der Waals surface area contributed by atoms with Crippen molar-refractivity contribution < 1.29 is 13.9 Å². The van der Waals surface area contributed by atoms with E-state index in [4.69, 9.17) is 5.26 Å². The highest BCUT2D eigenvalue weighted by molar-refractivity contribution is 9.08. The average molecular weight is 272 g/mol. The molecule has 15 heavy (non-hydrogen) atoms. The summed E-state index contributed by atoms with van der Waals surface area (Å²) in [4.78, 5) is 11.3. The number of rotatable bonds is 2. The van der Waals surface area contributed by atoms with Gasteiger partial charge < -0.3 is 4.74 Å². The zero-order valence-corrected chi connectivity index (χ0v) is 9.47. The SMILES string of the molecule is COC(=O)c1cc(F)c(C#N)cc1CBr. The standard InChI is InChI=1S/C10H7BrFNO2/c1-15-10(14)8-3-9(12)7(5-13)2-6(8)4-11/h2-3H,4H2,1H3. The van der Waals surface area contributed by atoms with Gasteiger partial charge in [0.15, 0.2) is 0 Å². The Kier molecular flexibility index (Phi) is 3.81. The number of hydrogen-bond acceptors (Lipinski definition) is 3. The lowest BCUT2D eigenvalue weighted by Gasteiger charge is -2.06. The van der Waals surface area contributed by atoms with E-state index in [0.29, 0.717) is 10.9 Å². The van der Waals surface area contributed by atoms with Crippen molar-refractivity contribution in [2.45, 2.75) is 5.33 Å². The van der Waals surface area contributed by atoms with E-state index < -0.39 is 11.8 Å². The smallest absolute Gasteiger partial charge is 0.338 e. The van der Waals surface area contributed by atoms with Gasteiger partial charge in [0.1, 0.15) is 11.9 Å². The Hall–Kier alpha value is -1.41. The topological polar surface area (TPSA) is 50.1 Å². The van der Waals surface area contributed by atoms with Crippen molar-refractivity contribution in [1.82, 2.24) is 0 Å². The van der Waals surface area contributed by atoms with Crippen LogP contribution in [0.15, 0.2) is 12.1 Å². The number of benzene rings is 1. The molecule has 0 unspecified atom stereocenters. The third-order valence-corrected chi connectivity index (χ3v) is 2.47. The summed E-state index contributed by atoms with van der Waals surface area (Å²) < 4.78 is 17.7. The van der Waals surface area contributed by atoms with Crippen LogP contribution < -0.4 is 0 Å². The van der Waals surface area contributed by atoms with Crippen LogP contribution in [0.1, 0.15) is 21.5 Å². The first-order valence-corrected chi connectivity index (χ1v) is 5.13. The fourth-order valence-corrected chi connectivity index (χ4v) is 1.58. The van der Waals surface area contributed by atoms with Crippen molar-refractivity contribution in [1.29, 1.82) is 5.26 Å².